The summed E-state index contributed by atoms with van der Waals surface area (Å²) in [5, 5.41) is 13.5. The molecule has 10 nitrogen and oxygen atoms in total. The van der Waals surface area contributed by atoms with E-state index in [-0.39, 0.29) is 24.1 Å². The van der Waals surface area contributed by atoms with Crippen LogP contribution < -0.4 is 10.1 Å². The highest BCUT2D eigenvalue weighted by Gasteiger charge is 2.25. The highest BCUT2D eigenvalue weighted by atomic mass is 32.2. The number of unbranched alkanes of at least 4 members (excludes halogenated alkanes) is 1. The third kappa shape index (κ3) is 8.54. The predicted octanol–water partition coefficient (Wildman–Crippen LogP) is 3.25. The van der Waals surface area contributed by atoms with Gasteiger partial charge in [-0.1, -0.05) is 43.0 Å². The van der Waals surface area contributed by atoms with E-state index in [0.717, 1.165) is 33.8 Å². The number of hydrogen-bond donors (Lipinski definition) is 1. The molecule has 34 heavy (non-hydrogen) atoms. The van der Waals surface area contributed by atoms with Gasteiger partial charge in [-0.2, -0.15) is 0 Å². The lowest BCUT2D eigenvalue weighted by atomic mass is 9.99. The molecule has 0 heterocycles. The van der Waals surface area contributed by atoms with Crippen molar-refractivity contribution in [3.63, 3.8) is 0 Å². The van der Waals surface area contributed by atoms with E-state index in [0.29, 0.717) is 12.8 Å². The number of carbonyl (C=O) groups excluding carboxylic acids is 3. The van der Waals surface area contributed by atoms with Crippen LogP contribution in [0.3, 0.4) is 0 Å². The van der Waals surface area contributed by atoms with Gasteiger partial charge in [0, 0.05) is 12.7 Å². The van der Waals surface area contributed by atoms with E-state index in [2.05, 4.69) is 10.2 Å². The predicted molar refractivity (Wildman–Crippen MR) is 127 cm³/mol. The van der Waals surface area contributed by atoms with Crippen molar-refractivity contribution in [2.75, 3.05) is 26.1 Å². The molecule has 1 N–H and O–H groups in total. The van der Waals surface area contributed by atoms with Crippen LogP contribution in [0.4, 0.5) is 0 Å². The van der Waals surface area contributed by atoms with E-state index in [4.69, 9.17) is 9.47 Å². The number of amides is 1. The van der Waals surface area contributed by atoms with Crippen molar-refractivity contribution < 1.29 is 33.8 Å². The first-order valence-electron chi connectivity index (χ1n) is 10.7. The van der Waals surface area contributed by atoms with Crippen molar-refractivity contribution >= 4 is 39.5 Å². The molecule has 0 aliphatic heterocycles. The highest BCUT2D eigenvalue weighted by Crippen LogP contribution is 2.28. The summed E-state index contributed by atoms with van der Waals surface area (Å²) in [4.78, 5) is 50.9. The van der Waals surface area contributed by atoms with Crippen molar-refractivity contribution in [1.29, 1.82) is 0 Å². The molecule has 0 unspecified atom stereocenters. The maximum atomic E-state index is 12.8. The number of ether oxygens (including phenoxy) is 2. The summed E-state index contributed by atoms with van der Waals surface area (Å²) in [5.74, 6) is -0.741. The van der Waals surface area contributed by atoms with E-state index >= 15 is 0 Å². The third-order valence-corrected chi connectivity index (χ3v) is 6.10. The number of nitrogens with one attached hydrogen (secondary N) is 1. The summed E-state index contributed by atoms with van der Waals surface area (Å²) in [6.45, 7) is 2.99. The van der Waals surface area contributed by atoms with Gasteiger partial charge in [0.25, 0.3) is 5.09 Å². The molecule has 2 atom stereocenters. The summed E-state index contributed by atoms with van der Waals surface area (Å²) < 4.78 is 10.4. The quantitative estimate of drug-likeness (QED) is 0.193. The zero-order chi connectivity index (χ0) is 25.1. The molecule has 2 rings (SSSR count). The third-order valence-electron chi connectivity index (χ3n) is 4.96. The maximum Gasteiger partial charge on any atom is 0.329 e. The molecule has 0 spiro atoms. The summed E-state index contributed by atoms with van der Waals surface area (Å²) in [6.07, 6.45) is 0.700. The van der Waals surface area contributed by atoms with Crippen LogP contribution in [-0.4, -0.2) is 54.2 Å². The lowest BCUT2D eigenvalue weighted by molar-refractivity contribution is -0.757. The molecule has 0 aliphatic carbocycles. The first-order valence-corrected chi connectivity index (χ1v) is 11.6. The van der Waals surface area contributed by atoms with Gasteiger partial charge < -0.3 is 19.6 Å². The molecule has 0 aliphatic rings. The first kappa shape index (κ1) is 26.9. The average Bonchev–Trinajstić information content (AvgIpc) is 2.81. The zero-order valence-electron chi connectivity index (χ0n) is 19.3. The SMILES string of the molecule is COc1ccc2cc([C@H](C)C(=O)SC[C@@H](NC(C)=O)C(=O)OCCCCO[N+](=O)[O-])ccc2c1. The minimum Gasteiger partial charge on any atom is -0.497 e. The topological polar surface area (TPSA) is 134 Å². The van der Waals surface area contributed by atoms with Gasteiger partial charge >= 0.3 is 5.97 Å². The first-order chi connectivity index (χ1) is 16.2. The van der Waals surface area contributed by atoms with Crippen molar-refractivity contribution in [3.05, 3.63) is 52.1 Å². The van der Waals surface area contributed by atoms with Crippen molar-refractivity contribution in [3.8, 4) is 5.75 Å². The second kappa shape index (κ2) is 13.4. The largest absolute Gasteiger partial charge is 0.497 e. The summed E-state index contributed by atoms with van der Waals surface area (Å²) in [5.41, 5.74) is 0.839. The molecule has 11 heteroatoms. The van der Waals surface area contributed by atoms with Gasteiger partial charge in [0.05, 0.1) is 26.2 Å². The molecule has 0 aromatic heterocycles. The average molecular weight is 493 g/mol. The molecule has 2 aromatic rings. The number of methoxy groups -OCH3 is 1. The van der Waals surface area contributed by atoms with Gasteiger partial charge in [0.2, 0.25) is 5.91 Å². The molecule has 0 fully saturated rings. The van der Waals surface area contributed by atoms with E-state index in [1.165, 1.54) is 6.92 Å². The molecule has 1 amide bonds. The lowest BCUT2D eigenvalue weighted by Crippen LogP contribution is -2.43. The van der Waals surface area contributed by atoms with Gasteiger partial charge in [-0.3, -0.25) is 9.59 Å². The Morgan fingerprint density at radius 1 is 1.09 bits per heavy atom. The summed E-state index contributed by atoms with van der Waals surface area (Å²) in [7, 11) is 1.60. The number of nitrogens with zero attached hydrogens (tertiary/aromatic N) is 1. The van der Waals surface area contributed by atoms with Crippen LogP contribution in [0.1, 0.15) is 38.2 Å². The number of thioether (sulfide) groups is 1. The Balaban J connectivity index is 1.91. The Bertz CT molecular complexity index is 1030. The number of esters is 1. The Hall–Kier alpha value is -3.34. The van der Waals surface area contributed by atoms with Crippen LogP contribution in [-0.2, 0) is 24.0 Å². The molecule has 0 saturated carbocycles. The minimum absolute atomic E-state index is 0.0207. The van der Waals surface area contributed by atoms with Crippen LogP contribution >= 0.6 is 11.8 Å². The van der Waals surface area contributed by atoms with E-state index < -0.39 is 28.9 Å². The van der Waals surface area contributed by atoms with Crippen molar-refractivity contribution in [1.82, 2.24) is 5.32 Å². The highest BCUT2D eigenvalue weighted by molar-refractivity contribution is 8.13. The lowest BCUT2D eigenvalue weighted by Gasteiger charge is -2.17. The number of benzene rings is 2. The number of hydrogen-bond acceptors (Lipinski definition) is 9. The number of fused-ring (bicyclic) bond motifs is 1. The van der Waals surface area contributed by atoms with Crippen LogP contribution in [0.25, 0.3) is 10.8 Å². The Kier molecular flexibility index (Phi) is 10.6. The van der Waals surface area contributed by atoms with Gasteiger partial charge in [-0.15, -0.1) is 10.1 Å². The maximum absolute atomic E-state index is 12.8. The molecule has 184 valence electrons. The van der Waals surface area contributed by atoms with Crippen molar-refractivity contribution in [2.24, 2.45) is 0 Å². The fourth-order valence-electron chi connectivity index (χ4n) is 3.10. The van der Waals surface area contributed by atoms with E-state index in [1.54, 1.807) is 14.0 Å². The van der Waals surface area contributed by atoms with E-state index in [1.807, 2.05) is 36.4 Å². The number of carbonyl (C=O) groups is 3. The monoisotopic (exact) mass is 492 g/mol. The second-order valence-corrected chi connectivity index (χ2v) is 8.53. The van der Waals surface area contributed by atoms with Crippen LogP contribution in [0.2, 0.25) is 0 Å². The Morgan fingerprint density at radius 2 is 1.76 bits per heavy atom. The van der Waals surface area contributed by atoms with Crippen LogP contribution in [0.15, 0.2) is 36.4 Å². The molecular weight excluding hydrogens is 464 g/mol. The Morgan fingerprint density at radius 3 is 2.44 bits per heavy atom. The molecule has 0 saturated heterocycles. The smallest absolute Gasteiger partial charge is 0.329 e. The Labute approximate surface area is 201 Å². The van der Waals surface area contributed by atoms with Gasteiger partial charge in [0.15, 0.2) is 5.12 Å². The van der Waals surface area contributed by atoms with Crippen LogP contribution in [0.5, 0.6) is 5.75 Å². The number of rotatable bonds is 13. The summed E-state index contributed by atoms with van der Waals surface area (Å²) >= 11 is 0.950. The summed E-state index contributed by atoms with van der Waals surface area (Å²) in [6, 6.07) is 10.5. The van der Waals surface area contributed by atoms with Gasteiger partial charge in [-0.05, 0) is 41.3 Å². The molecule has 2 aromatic carbocycles. The van der Waals surface area contributed by atoms with E-state index in [9.17, 15) is 24.5 Å². The molecular formula is C23H28N2O8S. The normalized spacial score (nSPS) is 12.4. The minimum atomic E-state index is -0.988. The fourth-order valence-corrected chi connectivity index (χ4v) is 4.03. The van der Waals surface area contributed by atoms with Crippen molar-refractivity contribution in [2.45, 2.75) is 38.6 Å². The molecule has 0 radical (unpaired) electrons. The second-order valence-electron chi connectivity index (χ2n) is 7.51. The van der Waals surface area contributed by atoms with Gasteiger partial charge in [-0.25, -0.2) is 4.79 Å². The van der Waals surface area contributed by atoms with Gasteiger partial charge in [0.1, 0.15) is 11.8 Å². The van der Waals surface area contributed by atoms with Crippen LogP contribution in [0, 0.1) is 10.1 Å². The fraction of sp³-hybridized carbons (Fsp3) is 0.435. The standard InChI is InChI=1S/C23H28N2O8S/c1-15(17-6-7-19-13-20(31-3)9-8-18(19)12-17)23(28)34-14-21(24-16(2)26)22(27)32-10-4-5-11-33-25(29)30/h6-9,12-13,15,21H,4-5,10-11,14H2,1-3H3,(H,24,26)/t15-,21+/m0/s1. The zero-order valence-corrected chi connectivity index (χ0v) is 20.1. The molecule has 0 bridgehead atoms.